The summed E-state index contributed by atoms with van der Waals surface area (Å²) < 4.78 is 13.1. The van der Waals surface area contributed by atoms with Gasteiger partial charge in [-0.05, 0) is 30.7 Å². The molecule has 2 heterocycles. The standard InChI is InChI=1S/C20H21N3O3/c1-3-6-18-22-15-11-13(9-10-16(15)23(18)2)21-20(24)19-14-7-4-5-8-17(14)25-12-26-19/h4-5,7-11,19H,3,6,12H2,1-2H3,(H,21,24). The quantitative estimate of drug-likeness (QED) is 0.780. The Morgan fingerprint density at radius 2 is 2.15 bits per heavy atom. The van der Waals surface area contributed by atoms with Crippen molar-refractivity contribution in [2.75, 3.05) is 12.1 Å². The summed E-state index contributed by atoms with van der Waals surface area (Å²) in [6, 6.07) is 13.2. The van der Waals surface area contributed by atoms with E-state index in [4.69, 9.17) is 9.47 Å². The van der Waals surface area contributed by atoms with Gasteiger partial charge in [0, 0.05) is 24.7 Å². The van der Waals surface area contributed by atoms with Crippen LogP contribution in [0.3, 0.4) is 0 Å². The number of amides is 1. The van der Waals surface area contributed by atoms with Gasteiger partial charge >= 0.3 is 0 Å². The Hall–Kier alpha value is -2.86. The van der Waals surface area contributed by atoms with E-state index in [2.05, 4.69) is 21.8 Å². The largest absolute Gasteiger partial charge is 0.467 e. The molecule has 1 unspecified atom stereocenters. The molecule has 3 aromatic rings. The van der Waals surface area contributed by atoms with Crippen LogP contribution in [0.1, 0.15) is 30.8 Å². The zero-order valence-corrected chi connectivity index (χ0v) is 14.9. The summed E-state index contributed by atoms with van der Waals surface area (Å²) >= 11 is 0. The third kappa shape index (κ3) is 2.93. The number of carbonyl (C=O) groups excluding carboxylic acids is 1. The van der Waals surface area contributed by atoms with Gasteiger partial charge in [0.25, 0.3) is 5.91 Å². The summed E-state index contributed by atoms with van der Waals surface area (Å²) in [6.45, 7) is 2.20. The van der Waals surface area contributed by atoms with Crippen molar-refractivity contribution >= 4 is 22.6 Å². The second kappa shape index (κ2) is 6.80. The highest BCUT2D eigenvalue weighted by atomic mass is 16.7. The fraction of sp³-hybridized carbons (Fsp3) is 0.300. The molecule has 0 aliphatic carbocycles. The molecule has 1 atom stereocenters. The Kier molecular flexibility index (Phi) is 4.34. The van der Waals surface area contributed by atoms with Crippen molar-refractivity contribution in [3.63, 3.8) is 0 Å². The number of hydrogen-bond acceptors (Lipinski definition) is 4. The average Bonchev–Trinajstić information content (AvgIpc) is 2.96. The Morgan fingerprint density at radius 1 is 1.31 bits per heavy atom. The topological polar surface area (TPSA) is 65.4 Å². The molecule has 1 aromatic heterocycles. The minimum absolute atomic E-state index is 0.0642. The van der Waals surface area contributed by atoms with E-state index in [0.717, 1.165) is 35.3 Å². The number of ether oxygens (including phenoxy) is 2. The molecule has 6 nitrogen and oxygen atoms in total. The number of fused-ring (bicyclic) bond motifs is 2. The monoisotopic (exact) mass is 351 g/mol. The lowest BCUT2D eigenvalue weighted by Gasteiger charge is -2.25. The third-order valence-corrected chi connectivity index (χ3v) is 4.60. The number of benzene rings is 2. The number of nitrogens with zero attached hydrogens (tertiary/aromatic N) is 2. The molecular weight excluding hydrogens is 330 g/mol. The lowest BCUT2D eigenvalue weighted by atomic mass is 10.1. The van der Waals surface area contributed by atoms with Crippen LogP contribution in [0.25, 0.3) is 11.0 Å². The first-order valence-corrected chi connectivity index (χ1v) is 8.77. The molecule has 1 amide bonds. The maximum absolute atomic E-state index is 12.7. The van der Waals surface area contributed by atoms with Crippen LogP contribution in [0.5, 0.6) is 5.75 Å². The van der Waals surface area contributed by atoms with E-state index in [1.165, 1.54) is 0 Å². The summed E-state index contributed by atoms with van der Waals surface area (Å²) in [7, 11) is 2.02. The van der Waals surface area contributed by atoms with E-state index in [1.54, 1.807) is 0 Å². The van der Waals surface area contributed by atoms with Gasteiger partial charge in [0.1, 0.15) is 11.6 Å². The predicted molar refractivity (Wildman–Crippen MR) is 99.1 cm³/mol. The van der Waals surface area contributed by atoms with Crippen molar-refractivity contribution in [3.8, 4) is 5.75 Å². The lowest BCUT2D eigenvalue weighted by Crippen LogP contribution is -2.28. The average molecular weight is 351 g/mol. The highest BCUT2D eigenvalue weighted by Crippen LogP contribution is 2.32. The number of carbonyl (C=O) groups is 1. The van der Waals surface area contributed by atoms with Gasteiger partial charge in [-0.25, -0.2) is 4.98 Å². The van der Waals surface area contributed by atoms with Gasteiger partial charge in [-0.1, -0.05) is 25.1 Å². The van der Waals surface area contributed by atoms with Crippen LogP contribution >= 0.6 is 0 Å². The highest BCUT2D eigenvalue weighted by Gasteiger charge is 2.28. The lowest BCUT2D eigenvalue weighted by molar-refractivity contribution is -0.136. The summed E-state index contributed by atoms with van der Waals surface area (Å²) in [4.78, 5) is 17.4. The zero-order valence-electron chi connectivity index (χ0n) is 14.9. The number of anilines is 1. The Morgan fingerprint density at radius 3 is 3.00 bits per heavy atom. The van der Waals surface area contributed by atoms with E-state index in [9.17, 15) is 4.79 Å². The van der Waals surface area contributed by atoms with Crippen LogP contribution < -0.4 is 10.1 Å². The maximum atomic E-state index is 12.7. The van der Waals surface area contributed by atoms with E-state index in [1.807, 2.05) is 49.5 Å². The van der Waals surface area contributed by atoms with Crippen molar-refractivity contribution in [1.82, 2.24) is 9.55 Å². The summed E-state index contributed by atoms with van der Waals surface area (Å²) in [5.74, 6) is 1.51. The fourth-order valence-corrected chi connectivity index (χ4v) is 3.28. The van der Waals surface area contributed by atoms with E-state index in [-0.39, 0.29) is 12.7 Å². The predicted octanol–water partition coefficient (Wildman–Crippen LogP) is 3.57. The van der Waals surface area contributed by atoms with Crippen LogP contribution in [0.2, 0.25) is 0 Å². The van der Waals surface area contributed by atoms with Crippen molar-refractivity contribution < 1.29 is 14.3 Å². The molecule has 26 heavy (non-hydrogen) atoms. The van der Waals surface area contributed by atoms with Gasteiger partial charge in [0.15, 0.2) is 12.9 Å². The van der Waals surface area contributed by atoms with Crippen LogP contribution in [-0.2, 0) is 23.0 Å². The van der Waals surface area contributed by atoms with Crippen LogP contribution in [0.15, 0.2) is 42.5 Å². The smallest absolute Gasteiger partial charge is 0.258 e. The number of rotatable bonds is 4. The van der Waals surface area contributed by atoms with Gasteiger partial charge < -0.3 is 19.4 Å². The second-order valence-electron chi connectivity index (χ2n) is 6.38. The minimum Gasteiger partial charge on any atom is -0.467 e. The third-order valence-electron chi connectivity index (χ3n) is 4.60. The molecule has 134 valence electrons. The number of aryl methyl sites for hydroxylation is 2. The first-order chi connectivity index (χ1) is 12.7. The van der Waals surface area contributed by atoms with Gasteiger partial charge in [0.2, 0.25) is 0 Å². The molecule has 1 aliphatic heterocycles. The van der Waals surface area contributed by atoms with Crippen LogP contribution in [0.4, 0.5) is 5.69 Å². The molecule has 1 N–H and O–H groups in total. The zero-order chi connectivity index (χ0) is 18.1. The summed E-state index contributed by atoms with van der Waals surface area (Å²) in [5, 5.41) is 2.94. The Labute approximate surface area is 151 Å². The number of aromatic nitrogens is 2. The van der Waals surface area contributed by atoms with Gasteiger partial charge in [-0.15, -0.1) is 0 Å². The molecule has 0 saturated carbocycles. The number of para-hydroxylation sites is 1. The first kappa shape index (κ1) is 16.6. The number of nitrogens with one attached hydrogen (secondary N) is 1. The molecule has 0 spiro atoms. The molecule has 1 aliphatic rings. The fourth-order valence-electron chi connectivity index (χ4n) is 3.28. The van der Waals surface area contributed by atoms with Crippen LogP contribution in [-0.4, -0.2) is 22.3 Å². The first-order valence-electron chi connectivity index (χ1n) is 8.77. The number of imidazole rings is 1. The minimum atomic E-state index is -0.685. The molecule has 2 aromatic carbocycles. The van der Waals surface area contributed by atoms with Crippen LogP contribution in [0, 0.1) is 0 Å². The molecule has 4 rings (SSSR count). The molecular formula is C20H21N3O3. The molecule has 0 bridgehead atoms. The van der Waals surface area contributed by atoms with E-state index in [0.29, 0.717) is 11.4 Å². The number of hydrogen-bond donors (Lipinski definition) is 1. The summed E-state index contributed by atoms with van der Waals surface area (Å²) in [5.41, 5.74) is 3.37. The van der Waals surface area contributed by atoms with E-state index < -0.39 is 6.10 Å². The van der Waals surface area contributed by atoms with Crippen molar-refractivity contribution in [1.29, 1.82) is 0 Å². The molecule has 6 heteroatoms. The molecule has 0 radical (unpaired) electrons. The Balaban J connectivity index is 1.58. The molecule has 0 fully saturated rings. The van der Waals surface area contributed by atoms with Gasteiger partial charge in [0.05, 0.1) is 11.0 Å². The maximum Gasteiger partial charge on any atom is 0.258 e. The summed E-state index contributed by atoms with van der Waals surface area (Å²) in [6.07, 6.45) is 1.29. The molecule has 0 saturated heterocycles. The van der Waals surface area contributed by atoms with E-state index >= 15 is 0 Å². The normalized spacial score (nSPS) is 16.2. The van der Waals surface area contributed by atoms with Gasteiger partial charge in [-0.2, -0.15) is 0 Å². The SMILES string of the molecule is CCCc1nc2cc(NC(=O)C3OCOc4ccccc43)ccc2n1C. The second-order valence-corrected chi connectivity index (χ2v) is 6.38. The highest BCUT2D eigenvalue weighted by molar-refractivity contribution is 5.97. The van der Waals surface area contributed by atoms with Crippen molar-refractivity contribution in [2.24, 2.45) is 7.05 Å². The van der Waals surface area contributed by atoms with Crippen molar-refractivity contribution in [2.45, 2.75) is 25.9 Å². The van der Waals surface area contributed by atoms with Crippen molar-refractivity contribution in [3.05, 3.63) is 53.9 Å². The Bertz CT molecular complexity index is 964. The van der Waals surface area contributed by atoms with Gasteiger partial charge in [-0.3, -0.25) is 4.79 Å².